The summed E-state index contributed by atoms with van der Waals surface area (Å²) in [6, 6.07) is 25.7. The van der Waals surface area contributed by atoms with Crippen LogP contribution in [-0.2, 0) is 19.3 Å². The summed E-state index contributed by atoms with van der Waals surface area (Å²) in [5.41, 5.74) is 2.71. The maximum atomic E-state index is 13.8. The summed E-state index contributed by atoms with van der Waals surface area (Å²) in [6.45, 7) is -0.135. The molecule has 1 atom stereocenters. The fraction of sp³-hybridized carbons (Fsp3) is 0.125. The van der Waals surface area contributed by atoms with E-state index in [1.165, 1.54) is 16.7 Å². The quantitative estimate of drug-likeness (QED) is 0.688. The van der Waals surface area contributed by atoms with E-state index in [1.807, 2.05) is 72.8 Å². The molecule has 7 heteroatoms. The molecule has 31 heavy (non-hydrogen) atoms. The number of amides is 3. The Morgan fingerprint density at radius 3 is 2.29 bits per heavy atom. The average Bonchev–Trinajstić information content (AvgIpc) is 3.26. The van der Waals surface area contributed by atoms with E-state index in [0.717, 1.165) is 5.56 Å². The van der Waals surface area contributed by atoms with Crippen molar-refractivity contribution in [2.75, 3.05) is 27.4 Å². The summed E-state index contributed by atoms with van der Waals surface area (Å²) < 4.78 is 0. The van der Waals surface area contributed by atoms with Crippen LogP contribution >= 0.6 is 11.8 Å². The summed E-state index contributed by atoms with van der Waals surface area (Å²) in [6.07, 6.45) is 0. The molecular weight excluding hydrogens is 410 g/mol. The van der Waals surface area contributed by atoms with Crippen molar-refractivity contribution in [3.63, 3.8) is 0 Å². The maximum Gasteiger partial charge on any atom is 0.269 e. The predicted octanol–water partition coefficient (Wildman–Crippen LogP) is 3.60. The Morgan fingerprint density at radius 1 is 0.903 bits per heavy atom. The lowest BCUT2D eigenvalue weighted by Gasteiger charge is -2.33. The number of para-hydroxylation sites is 3. The molecular formula is C24H19N3O3S. The molecule has 2 heterocycles. The van der Waals surface area contributed by atoms with Crippen molar-refractivity contribution >= 4 is 46.5 Å². The van der Waals surface area contributed by atoms with E-state index >= 15 is 0 Å². The largest absolute Gasteiger partial charge is 0.325 e. The van der Waals surface area contributed by atoms with Crippen LogP contribution < -0.4 is 15.1 Å². The number of rotatable bonds is 4. The summed E-state index contributed by atoms with van der Waals surface area (Å²) >= 11 is 1.30. The van der Waals surface area contributed by atoms with Gasteiger partial charge in [0.2, 0.25) is 16.7 Å². The molecule has 6 nitrogen and oxygen atoms in total. The second-order valence-corrected chi connectivity index (χ2v) is 8.49. The van der Waals surface area contributed by atoms with Gasteiger partial charge in [-0.05, 0) is 30.3 Å². The first-order chi connectivity index (χ1) is 15.1. The molecule has 0 aliphatic carbocycles. The van der Waals surface area contributed by atoms with Crippen LogP contribution in [0.2, 0.25) is 0 Å². The number of carbonyl (C=O) groups excluding carboxylic acids is 3. The summed E-state index contributed by atoms with van der Waals surface area (Å²) in [7, 11) is 0. The first-order valence-corrected chi connectivity index (χ1v) is 10.9. The fourth-order valence-electron chi connectivity index (χ4n) is 4.16. The van der Waals surface area contributed by atoms with Crippen molar-refractivity contribution < 1.29 is 14.4 Å². The van der Waals surface area contributed by atoms with Gasteiger partial charge in [0.15, 0.2) is 0 Å². The zero-order chi connectivity index (χ0) is 21.4. The van der Waals surface area contributed by atoms with Gasteiger partial charge < -0.3 is 5.32 Å². The van der Waals surface area contributed by atoms with Crippen LogP contribution in [0.3, 0.4) is 0 Å². The molecule has 1 spiro atoms. The van der Waals surface area contributed by atoms with Gasteiger partial charge in [-0.2, -0.15) is 0 Å². The van der Waals surface area contributed by atoms with Gasteiger partial charge in [-0.3, -0.25) is 24.2 Å². The second-order valence-electron chi connectivity index (χ2n) is 7.32. The first-order valence-electron chi connectivity index (χ1n) is 9.90. The topological polar surface area (TPSA) is 69.7 Å². The zero-order valence-corrected chi connectivity index (χ0v) is 17.3. The number of fused-ring (bicyclic) bond motifs is 2. The lowest BCUT2D eigenvalue weighted by atomic mass is 10.0. The number of nitrogens with one attached hydrogen (secondary N) is 1. The van der Waals surface area contributed by atoms with Gasteiger partial charge >= 0.3 is 0 Å². The molecule has 1 N–H and O–H groups in total. The molecule has 0 aromatic heterocycles. The zero-order valence-electron chi connectivity index (χ0n) is 16.5. The lowest BCUT2D eigenvalue weighted by Crippen LogP contribution is -2.50. The van der Waals surface area contributed by atoms with Gasteiger partial charge in [-0.1, -0.05) is 54.6 Å². The molecule has 0 saturated carbocycles. The molecule has 3 aromatic rings. The minimum absolute atomic E-state index is 0.130. The number of thioether (sulfide) groups is 1. The van der Waals surface area contributed by atoms with Crippen LogP contribution in [0.4, 0.5) is 17.1 Å². The van der Waals surface area contributed by atoms with Gasteiger partial charge in [0.25, 0.3) is 5.91 Å². The molecule has 2 aliphatic heterocycles. The predicted molar refractivity (Wildman–Crippen MR) is 122 cm³/mol. The van der Waals surface area contributed by atoms with E-state index in [-0.39, 0.29) is 30.0 Å². The minimum atomic E-state index is -1.21. The normalized spacial score (nSPS) is 19.7. The fourth-order valence-corrected chi connectivity index (χ4v) is 5.51. The first kappa shape index (κ1) is 19.4. The van der Waals surface area contributed by atoms with E-state index < -0.39 is 4.87 Å². The summed E-state index contributed by atoms with van der Waals surface area (Å²) in [5, 5.41) is 2.83. The Kier molecular flexibility index (Phi) is 4.75. The van der Waals surface area contributed by atoms with Crippen molar-refractivity contribution in [3.8, 4) is 0 Å². The average molecular weight is 430 g/mol. The van der Waals surface area contributed by atoms with Gasteiger partial charge in [0.1, 0.15) is 6.54 Å². The van der Waals surface area contributed by atoms with Gasteiger partial charge in [-0.25, -0.2) is 0 Å². The van der Waals surface area contributed by atoms with Crippen LogP contribution in [0.15, 0.2) is 84.9 Å². The Labute approximate surface area is 183 Å². The van der Waals surface area contributed by atoms with Crippen molar-refractivity contribution in [2.45, 2.75) is 4.87 Å². The molecule has 3 aromatic carbocycles. The Hall–Kier alpha value is -3.58. The molecule has 154 valence electrons. The van der Waals surface area contributed by atoms with E-state index in [0.29, 0.717) is 17.1 Å². The number of hydrogen-bond donors (Lipinski definition) is 1. The third kappa shape index (κ3) is 3.09. The number of hydrogen-bond acceptors (Lipinski definition) is 4. The van der Waals surface area contributed by atoms with Crippen molar-refractivity contribution in [3.05, 3.63) is 90.5 Å². The molecule has 1 fully saturated rings. The summed E-state index contributed by atoms with van der Waals surface area (Å²) in [5.74, 6) is -0.516. The molecule has 5 rings (SSSR count). The highest BCUT2D eigenvalue weighted by atomic mass is 32.2. The van der Waals surface area contributed by atoms with Gasteiger partial charge in [0.05, 0.1) is 11.4 Å². The molecule has 2 aliphatic rings. The second kappa shape index (κ2) is 7.59. The highest BCUT2D eigenvalue weighted by Crippen LogP contribution is 2.55. The van der Waals surface area contributed by atoms with E-state index in [9.17, 15) is 14.4 Å². The lowest BCUT2D eigenvalue weighted by molar-refractivity contribution is -0.124. The number of carbonyl (C=O) groups is 3. The monoisotopic (exact) mass is 429 g/mol. The van der Waals surface area contributed by atoms with Crippen molar-refractivity contribution in [1.29, 1.82) is 0 Å². The van der Waals surface area contributed by atoms with E-state index in [4.69, 9.17) is 0 Å². The van der Waals surface area contributed by atoms with Gasteiger partial charge in [0, 0.05) is 16.9 Å². The number of nitrogens with zero attached hydrogens (tertiary/aromatic N) is 2. The minimum Gasteiger partial charge on any atom is -0.325 e. The third-order valence-electron chi connectivity index (χ3n) is 5.44. The van der Waals surface area contributed by atoms with Crippen LogP contribution in [0.1, 0.15) is 5.56 Å². The van der Waals surface area contributed by atoms with E-state index in [1.54, 1.807) is 17.0 Å². The van der Waals surface area contributed by atoms with Crippen molar-refractivity contribution in [2.24, 2.45) is 0 Å². The molecule has 0 radical (unpaired) electrons. The molecule has 1 saturated heterocycles. The smallest absolute Gasteiger partial charge is 0.269 e. The Balaban J connectivity index is 1.53. The van der Waals surface area contributed by atoms with Crippen LogP contribution in [0, 0.1) is 0 Å². The Morgan fingerprint density at radius 2 is 1.55 bits per heavy atom. The van der Waals surface area contributed by atoms with Crippen LogP contribution in [0.5, 0.6) is 0 Å². The highest BCUT2D eigenvalue weighted by molar-refractivity contribution is 8.02. The molecule has 1 unspecified atom stereocenters. The molecule has 3 amide bonds. The van der Waals surface area contributed by atoms with Gasteiger partial charge in [-0.15, -0.1) is 11.8 Å². The number of benzene rings is 3. The van der Waals surface area contributed by atoms with Crippen LogP contribution in [-0.4, -0.2) is 30.0 Å². The maximum absolute atomic E-state index is 13.8. The third-order valence-corrected chi connectivity index (χ3v) is 6.82. The molecule has 0 bridgehead atoms. The van der Waals surface area contributed by atoms with Crippen molar-refractivity contribution in [1.82, 2.24) is 0 Å². The van der Waals surface area contributed by atoms with Crippen LogP contribution in [0.25, 0.3) is 0 Å². The van der Waals surface area contributed by atoms with E-state index in [2.05, 4.69) is 5.32 Å². The SMILES string of the molecule is O=C(CN1C(=O)C2(SCC(=O)N2c2ccccc2)c2ccccc21)Nc1ccccc1. The highest BCUT2D eigenvalue weighted by Gasteiger charge is 2.61. The Bertz CT molecular complexity index is 1170. The standard InChI is InChI=1S/C24H19N3O3S/c28-21(25-17-9-3-1-4-10-17)15-26-20-14-8-7-13-19(20)24(23(26)30)27(22(29)16-31-24)18-11-5-2-6-12-18/h1-14H,15-16H2,(H,25,28). The number of anilines is 3. The summed E-state index contributed by atoms with van der Waals surface area (Å²) in [4.78, 5) is 41.4.